The van der Waals surface area contributed by atoms with E-state index in [0.29, 0.717) is 17.8 Å². The average Bonchev–Trinajstić information content (AvgIpc) is 2.82. The van der Waals surface area contributed by atoms with Gasteiger partial charge in [-0.2, -0.15) is 8.78 Å². The van der Waals surface area contributed by atoms with Crippen LogP contribution in [0.3, 0.4) is 0 Å². The van der Waals surface area contributed by atoms with Crippen LogP contribution in [0.15, 0.2) is 36.4 Å². The summed E-state index contributed by atoms with van der Waals surface area (Å²) in [4.78, 5) is 0. The number of halogens is 4. The Morgan fingerprint density at radius 2 is 1.15 bits per heavy atom. The van der Waals surface area contributed by atoms with Gasteiger partial charge in [-0.05, 0) is 61.6 Å². The number of unbranched alkanes of at least 4 members (excludes halogenated alkanes) is 4. The van der Waals surface area contributed by atoms with Gasteiger partial charge in [0, 0.05) is 11.1 Å². The molecule has 0 unspecified atom stereocenters. The fourth-order valence-corrected chi connectivity index (χ4v) is 3.90. The standard InChI is InChI=1S/C27H30F4O2/c1-3-5-6-7-8-17-33-23-16-14-21(25(29)27(23)31)19-11-9-18(10-12-19)20-13-15-22(32-4-2)26(30)24(20)28/h9,12-16H,3-8,10-11,17H2,1-2H3. The van der Waals surface area contributed by atoms with Crippen LogP contribution in [0.1, 0.15) is 69.9 Å². The zero-order chi connectivity index (χ0) is 23.8. The molecular weight excluding hydrogens is 432 g/mol. The van der Waals surface area contributed by atoms with E-state index in [1.807, 2.05) is 0 Å². The summed E-state index contributed by atoms with van der Waals surface area (Å²) in [5.41, 5.74) is 1.47. The predicted octanol–water partition coefficient (Wildman–Crippen LogP) is 8.25. The van der Waals surface area contributed by atoms with E-state index in [4.69, 9.17) is 9.47 Å². The van der Waals surface area contributed by atoms with Crippen molar-refractivity contribution in [3.63, 3.8) is 0 Å². The van der Waals surface area contributed by atoms with E-state index in [1.54, 1.807) is 19.1 Å². The monoisotopic (exact) mass is 462 g/mol. The van der Waals surface area contributed by atoms with Crippen molar-refractivity contribution in [1.29, 1.82) is 0 Å². The Morgan fingerprint density at radius 1 is 0.636 bits per heavy atom. The molecule has 2 aromatic carbocycles. The lowest BCUT2D eigenvalue weighted by atomic mass is 9.90. The molecule has 0 fully saturated rings. The first kappa shape index (κ1) is 24.9. The molecule has 6 heteroatoms. The summed E-state index contributed by atoms with van der Waals surface area (Å²) in [5.74, 6) is -4.19. The van der Waals surface area contributed by atoms with Crippen molar-refractivity contribution in [1.82, 2.24) is 0 Å². The van der Waals surface area contributed by atoms with Crippen LogP contribution in [0.4, 0.5) is 17.6 Å². The third kappa shape index (κ3) is 5.98. The summed E-state index contributed by atoms with van der Waals surface area (Å²) < 4.78 is 68.5. The molecule has 0 N–H and O–H groups in total. The molecule has 0 aromatic heterocycles. The molecule has 178 valence electrons. The molecule has 0 radical (unpaired) electrons. The third-order valence-electron chi connectivity index (χ3n) is 5.73. The maximum atomic E-state index is 14.7. The molecule has 33 heavy (non-hydrogen) atoms. The van der Waals surface area contributed by atoms with Gasteiger partial charge in [-0.1, -0.05) is 44.8 Å². The third-order valence-corrected chi connectivity index (χ3v) is 5.73. The SMILES string of the molecule is CCCCCCCOc1ccc(C2=CCC(c3ccc(OCC)c(F)c3F)=CC2)c(F)c1F. The highest BCUT2D eigenvalue weighted by Gasteiger charge is 2.21. The summed E-state index contributed by atoms with van der Waals surface area (Å²) >= 11 is 0. The highest BCUT2D eigenvalue weighted by Crippen LogP contribution is 2.36. The van der Waals surface area contributed by atoms with Gasteiger partial charge >= 0.3 is 0 Å². The summed E-state index contributed by atoms with van der Waals surface area (Å²) in [7, 11) is 0. The average molecular weight is 463 g/mol. The van der Waals surface area contributed by atoms with E-state index in [-0.39, 0.29) is 42.1 Å². The van der Waals surface area contributed by atoms with Gasteiger partial charge in [0.05, 0.1) is 13.2 Å². The van der Waals surface area contributed by atoms with Gasteiger partial charge < -0.3 is 9.47 Å². The van der Waals surface area contributed by atoms with Gasteiger partial charge in [0.2, 0.25) is 11.6 Å². The van der Waals surface area contributed by atoms with Crippen LogP contribution in [0, 0.1) is 23.3 Å². The number of benzene rings is 2. The van der Waals surface area contributed by atoms with Crippen molar-refractivity contribution in [3.8, 4) is 11.5 Å². The van der Waals surface area contributed by atoms with Crippen LogP contribution in [0.25, 0.3) is 11.1 Å². The fraction of sp³-hybridized carbons (Fsp3) is 0.407. The summed E-state index contributed by atoms with van der Waals surface area (Å²) in [5, 5.41) is 0. The first-order valence-corrected chi connectivity index (χ1v) is 11.6. The number of hydrogen-bond acceptors (Lipinski definition) is 2. The highest BCUT2D eigenvalue weighted by atomic mass is 19.2. The molecule has 2 aromatic rings. The maximum Gasteiger partial charge on any atom is 0.201 e. The molecule has 0 spiro atoms. The molecule has 0 amide bonds. The van der Waals surface area contributed by atoms with E-state index < -0.39 is 23.3 Å². The van der Waals surface area contributed by atoms with Gasteiger partial charge in [0.15, 0.2) is 23.1 Å². The Hall–Kier alpha value is -2.76. The molecule has 1 aliphatic rings. The minimum Gasteiger partial charge on any atom is -0.491 e. The minimum atomic E-state index is -1.03. The van der Waals surface area contributed by atoms with Crippen molar-refractivity contribution >= 4 is 11.1 Å². The number of rotatable bonds is 11. The Labute approximate surface area is 192 Å². The van der Waals surface area contributed by atoms with Gasteiger partial charge in [-0.3, -0.25) is 0 Å². The minimum absolute atomic E-state index is 0.0914. The van der Waals surface area contributed by atoms with E-state index in [9.17, 15) is 17.6 Å². The van der Waals surface area contributed by atoms with Crippen molar-refractivity contribution in [2.24, 2.45) is 0 Å². The Bertz CT molecular complexity index is 1030. The second-order valence-corrected chi connectivity index (χ2v) is 8.04. The normalized spacial score (nSPS) is 13.5. The second-order valence-electron chi connectivity index (χ2n) is 8.04. The van der Waals surface area contributed by atoms with Crippen molar-refractivity contribution in [3.05, 3.63) is 70.8 Å². The van der Waals surface area contributed by atoms with Crippen molar-refractivity contribution in [2.45, 2.75) is 58.8 Å². The summed E-state index contributed by atoms with van der Waals surface area (Å²) in [6, 6.07) is 5.82. The van der Waals surface area contributed by atoms with Crippen LogP contribution in [0.5, 0.6) is 11.5 Å². The molecule has 0 heterocycles. The molecule has 0 aliphatic heterocycles. The largest absolute Gasteiger partial charge is 0.491 e. The van der Waals surface area contributed by atoms with Gasteiger partial charge in [0.1, 0.15) is 0 Å². The number of hydrogen-bond donors (Lipinski definition) is 0. The molecule has 0 bridgehead atoms. The van der Waals surface area contributed by atoms with Crippen LogP contribution in [0.2, 0.25) is 0 Å². The van der Waals surface area contributed by atoms with Gasteiger partial charge in [-0.25, -0.2) is 8.78 Å². The smallest absolute Gasteiger partial charge is 0.201 e. The number of allylic oxidation sites excluding steroid dienone is 4. The maximum absolute atomic E-state index is 14.7. The van der Waals surface area contributed by atoms with Crippen LogP contribution >= 0.6 is 0 Å². The van der Waals surface area contributed by atoms with E-state index >= 15 is 0 Å². The molecule has 2 nitrogen and oxygen atoms in total. The lowest BCUT2D eigenvalue weighted by molar-refractivity contribution is 0.285. The zero-order valence-electron chi connectivity index (χ0n) is 19.2. The van der Waals surface area contributed by atoms with E-state index in [0.717, 1.165) is 32.1 Å². The molecule has 0 atom stereocenters. The molecular formula is C27H30F4O2. The highest BCUT2D eigenvalue weighted by molar-refractivity contribution is 5.78. The van der Waals surface area contributed by atoms with Crippen LogP contribution < -0.4 is 9.47 Å². The topological polar surface area (TPSA) is 18.5 Å². The van der Waals surface area contributed by atoms with Crippen LogP contribution in [-0.4, -0.2) is 13.2 Å². The number of ether oxygens (including phenoxy) is 2. The summed E-state index contributed by atoms with van der Waals surface area (Å²) in [6.45, 7) is 4.40. The van der Waals surface area contributed by atoms with Crippen LogP contribution in [-0.2, 0) is 0 Å². The Kier molecular flexibility index (Phi) is 8.98. The molecule has 1 aliphatic carbocycles. The van der Waals surface area contributed by atoms with E-state index in [2.05, 4.69) is 6.92 Å². The Morgan fingerprint density at radius 3 is 1.64 bits per heavy atom. The fourth-order valence-electron chi connectivity index (χ4n) is 3.90. The first-order chi connectivity index (χ1) is 16.0. The quantitative estimate of drug-likeness (QED) is 0.247. The first-order valence-electron chi connectivity index (χ1n) is 11.6. The lowest BCUT2D eigenvalue weighted by Gasteiger charge is -2.17. The van der Waals surface area contributed by atoms with Crippen molar-refractivity contribution in [2.75, 3.05) is 13.2 Å². The Balaban J connectivity index is 1.66. The predicted molar refractivity (Wildman–Crippen MR) is 123 cm³/mol. The zero-order valence-corrected chi connectivity index (χ0v) is 19.2. The van der Waals surface area contributed by atoms with Crippen molar-refractivity contribution < 1.29 is 27.0 Å². The lowest BCUT2D eigenvalue weighted by Crippen LogP contribution is -2.04. The molecule has 0 saturated carbocycles. The molecule has 3 rings (SSSR count). The van der Waals surface area contributed by atoms with Gasteiger partial charge in [0.25, 0.3) is 0 Å². The van der Waals surface area contributed by atoms with E-state index in [1.165, 1.54) is 24.3 Å². The second kappa shape index (κ2) is 11.9. The summed E-state index contributed by atoms with van der Waals surface area (Å²) in [6.07, 6.45) is 9.17. The molecule has 0 saturated heterocycles. The van der Waals surface area contributed by atoms with Gasteiger partial charge in [-0.15, -0.1) is 0 Å².